The lowest BCUT2D eigenvalue weighted by molar-refractivity contribution is -0.250. The van der Waals surface area contributed by atoms with Crippen molar-refractivity contribution in [2.24, 2.45) is 0 Å². The Balaban J connectivity index is 1.62. The van der Waals surface area contributed by atoms with Crippen molar-refractivity contribution in [1.82, 2.24) is 20.2 Å². The monoisotopic (exact) mass is 454 g/mol. The van der Waals surface area contributed by atoms with Gasteiger partial charge in [0.15, 0.2) is 0 Å². The first-order chi connectivity index (χ1) is 15.7. The molecular formula is C25H34N4O4. The summed E-state index contributed by atoms with van der Waals surface area (Å²) in [6.07, 6.45) is 3.71. The van der Waals surface area contributed by atoms with Crippen LogP contribution in [-0.4, -0.2) is 81.1 Å². The minimum Gasteiger partial charge on any atom is -0.388 e. The topological polar surface area (TPSA) is 108 Å². The van der Waals surface area contributed by atoms with Crippen molar-refractivity contribution in [1.29, 1.82) is 0 Å². The molecule has 2 aromatic rings. The molecule has 3 heterocycles. The van der Waals surface area contributed by atoms with E-state index in [0.29, 0.717) is 25.7 Å². The van der Waals surface area contributed by atoms with Crippen molar-refractivity contribution < 1.29 is 19.7 Å². The van der Waals surface area contributed by atoms with Gasteiger partial charge in [-0.2, -0.15) is 0 Å². The van der Waals surface area contributed by atoms with Gasteiger partial charge in [-0.15, -0.1) is 0 Å². The SMILES string of the molecule is CN(C)[C@@H]1CC[C@@]2([C@H](O)CNC(=O)c3ccncn3)C[C@H](c3ccccc3)C[C@](C)(O2)[C@H]1O. The summed E-state index contributed by atoms with van der Waals surface area (Å²) in [5.41, 5.74) is -0.306. The predicted molar refractivity (Wildman–Crippen MR) is 124 cm³/mol. The predicted octanol–water partition coefficient (Wildman–Crippen LogP) is 1.74. The van der Waals surface area contributed by atoms with E-state index in [1.165, 1.54) is 24.2 Å². The summed E-state index contributed by atoms with van der Waals surface area (Å²) in [6, 6.07) is 11.7. The summed E-state index contributed by atoms with van der Waals surface area (Å²) >= 11 is 0. The standard InChI is InChI=1S/C25H34N4O4/c1-24-13-18(17-7-5-4-6-8-17)14-25(33-24,11-9-20(22(24)31)29(2)3)21(30)15-27-23(32)19-10-12-26-16-28-19/h4-8,10,12,16,18,20-22,30-31H,9,11,13-15H2,1-3H3,(H,27,32)/t18-,20-,21-,22+,24+,25+/m1/s1. The molecule has 1 amide bonds. The van der Waals surface area contributed by atoms with Crippen molar-refractivity contribution in [3.63, 3.8) is 0 Å². The maximum Gasteiger partial charge on any atom is 0.270 e. The molecule has 1 aromatic carbocycles. The van der Waals surface area contributed by atoms with E-state index in [2.05, 4.69) is 27.4 Å². The molecule has 2 bridgehead atoms. The van der Waals surface area contributed by atoms with Gasteiger partial charge in [0.2, 0.25) is 0 Å². The van der Waals surface area contributed by atoms with Gasteiger partial charge >= 0.3 is 0 Å². The summed E-state index contributed by atoms with van der Waals surface area (Å²) in [7, 11) is 3.93. The number of rotatable bonds is 6. The smallest absolute Gasteiger partial charge is 0.270 e. The van der Waals surface area contributed by atoms with E-state index in [1.54, 1.807) is 0 Å². The lowest BCUT2D eigenvalue weighted by Gasteiger charge is -2.52. The highest BCUT2D eigenvalue weighted by molar-refractivity contribution is 5.92. The number of aliphatic hydroxyl groups excluding tert-OH is 2. The lowest BCUT2D eigenvalue weighted by atomic mass is 9.72. The molecule has 0 radical (unpaired) electrons. The van der Waals surface area contributed by atoms with Crippen LogP contribution in [0, 0.1) is 0 Å². The number of hydrogen-bond donors (Lipinski definition) is 3. The van der Waals surface area contributed by atoms with E-state index in [-0.39, 0.29) is 30.1 Å². The fourth-order valence-electron chi connectivity index (χ4n) is 5.58. The van der Waals surface area contributed by atoms with E-state index < -0.39 is 23.4 Å². The average molecular weight is 455 g/mol. The third-order valence-corrected chi connectivity index (χ3v) is 7.35. The van der Waals surface area contributed by atoms with Crippen LogP contribution in [0.4, 0.5) is 0 Å². The first-order valence-corrected chi connectivity index (χ1v) is 11.6. The van der Waals surface area contributed by atoms with Gasteiger partial charge in [0, 0.05) is 18.8 Å². The van der Waals surface area contributed by atoms with Crippen LogP contribution in [-0.2, 0) is 4.74 Å². The molecule has 6 atom stereocenters. The van der Waals surface area contributed by atoms with Gasteiger partial charge in [-0.1, -0.05) is 30.3 Å². The molecule has 3 N–H and O–H groups in total. The van der Waals surface area contributed by atoms with Gasteiger partial charge in [-0.3, -0.25) is 4.79 Å². The summed E-state index contributed by atoms with van der Waals surface area (Å²) in [5.74, 6) is -0.251. The fourth-order valence-corrected chi connectivity index (χ4v) is 5.58. The fraction of sp³-hybridized carbons (Fsp3) is 0.560. The Kier molecular flexibility index (Phi) is 6.81. The molecule has 178 valence electrons. The van der Waals surface area contributed by atoms with Crippen molar-refractivity contribution in [3.05, 3.63) is 60.2 Å². The highest BCUT2D eigenvalue weighted by atomic mass is 16.6. The van der Waals surface area contributed by atoms with Crippen molar-refractivity contribution in [2.75, 3.05) is 20.6 Å². The maximum absolute atomic E-state index is 12.5. The van der Waals surface area contributed by atoms with Gasteiger partial charge < -0.3 is 25.2 Å². The Morgan fingerprint density at radius 3 is 2.70 bits per heavy atom. The summed E-state index contributed by atoms with van der Waals surface area (Å²) in [5, 5.41) is 25.6. The number of amides is 1. The molecule has 4 rings (SSSR count). The Morgan fingerprint density at radius 2 is 2.03 bits per heavy atom. The number of nitrogens with zero attached hydrogens (tertiary/aromatic N) is 3. The quantitative estimate of drug-likeness (QED) is 0.610. The van der Waals surface area contributed by atoms with Crippen molar-refractivity contribution in [2.45, 2.75) is 68.0 Å². The number of likely N-dealkylation sites (N-methyl/N-ethyl adjacent to an activating group) is 1. The number of ether oxygens (including phenoxy) is 1. The van der Waals surface area contributed by atoms with Crippen LogP contribution in [0.2, 0.25) is 0 Å². The zero-order chi connectivity index (χ0) is 23.6. The summed E-state index contributed by atoms with van der Waals surface area (Å²) in [4.78, 5) is 22.4. The van der Waals surface area contributed by atoms with Crippen LogP contribution in [0.3, 0.4) is 0 Å². The number of aliphatic hydroxyl groups is 2. The van der Waals surface area contributed by atoms with Gasteiger partial charge in [0.25, 0.3) is 5.91 Å². The normalized spacial score (nSPS) is 32.7. The van der Waals surface area contributed by atoms with Crippen LogP contribution < -0.4 is 5.32 Å². The Morgan fingerprint density at radius 1 is 1.27 bits per heavy atom. The van der Waals surface area contributed by atoms with Crippen molar-refractivity contribution >= 4 is 5.91 Å². The molecule has 8 nitrogen and oxygen atoms in total. The van der Waals surface area contributed by atoms with E-state index in [1.807, 2.05) is 44.1 Å². The van der Waals surface area contributed by atoms with Crippen LogP contribution >= 0.6 is 0 Å². The highest BCUT2D eigenvalue weighted by Crippen LogP contribution is 2.51. The highest BCUT2D eigenvalue weighted by Gasteiger charge is 2.57. The molecule has 2 aliphatic rings. The number of hydrogen-bond acceptors (Lipinski definition) is 7. The number of nitrogens with one attached hydrogen (secondary N) is 1. The van der Waals surface area contributed by atoms with Gasteiger partial charge in [0.05, 0.1) is 17.3 Å². The second-order valence-electron chi connectivity index (χ2n) is 9.83. The molecule has 2 saturated heterocycles. The molecule has 1 aromatic heterocycles. The van der Waals surface area contributed by atoms with E-state index in [4.69, 9.17) is 4.74 Å². The largest absolute Gasteiger partial charge is 0.388 e. The minimum absolute atomic E-state index is 0.0309. The molecule has 0 aliphatic carbocycles. The van der Waals surface area contributed by atoms with Crippen LogP contribution in [0.5, 0.6) is 0 Å². The number of carbonyl (C=O) groups is 1. The second kappa shape index (κ2) is 9.46. The van der Waals surface area contributed by atoms with Gasteiger partial charge in [0.1, 0.15) is 18.1 Å². The lowest BCUT2D eigenvalue weighted by Crippen LogP contribution is -2.61. The molecule has 8 heteroatoms. The number of carbonyl (C=O) groups excluding carboxylic acids is 1. The van der Waals surface area contributed by atoms with Crippen LogP contribution in [0.1, 0.15) is 54.6 Å². The van der Waals surface area contributed by atoms with Gasteiger partial charge in [-0.05, 0) is 64.3 Å². The molecule has 0 unspecified atom stereocenters. The summed E-state index contributed by atoms with van der Waals surface area (Å²) in [6.45, 7) is 1.98. The number of benzene rings is 1. The Bertz CT molecular complexity index is 944. The Hall–Kier alpha value is -2.39. The number of fused-ring (bicyclic) bond motifs is 2. The average Bonchev–Trinajstić information content (AvgIpc) is 2.90. The molecular weight excluding hydrogens is 420 g/mol. The van der Waals surface area contributed by atoms with Crippen LogP contribution in [0.25, 0.3) is 0 Å². The number of aromatic nitrogens is 2. The molecule has 2 aliphatic heterocycles. The first kappa shape index (κ1) is 23.8. The molecule has 33 heavy (non-hydrogen) atoms. The van der Waals surface area contributed by atoms with E-state index in [0.717, 1.165) is 0 Å². The van der Waals surface area contributed by atoms with Gasteiger partial charge in [-0.25, -0.2) is 9.97 Å². The van der Waals surface area contributed by atoms with Crippen molar-refractivity contribution in [3.8, 4) is 0 Å². The third-order valence-electron chi connectivity index (χ3n) is 7.35. The first-order valence-electron chi connectivity index (χ1n) is 11.6. The molecule has 0 saturated carbocycles. The maximum atomic E-state index is 12.5. The summed E-state index contributed by atoms with van der Waals surface area (Å²) < 4.78 is 6.66. The van der Waals surface area contributed by atoms with E-state index >= 15 is 0 Å². The minimum atomic E-state index is -0.942. The zero-order valence-electron chi connectivity index (χ0n) is 19.5. The second-order valence-corrected chi connectivity index (χ2v) is 9.83. The van der Waals surface area contributed by atoms with Crippen LogP contribution in [0.15, 0.2) is 48.9 Å². The molecule has 0 spiro atoms. The third kappa shape index (κ3) is 4.80. The van der Waals surface area contributed by atoms with E-state index in [9.17, 15) is 15.0 Å². The zero-order valence-corrected chi connectivity index (χ0v) is 19.5. The molecule has 2 fully saturated rings. The Labute approximate surface area is 195 Å².